The molecule has 0 aliphatic heterocycles. The molecule has 0 radical (unpaired) electrons. The average molecular weight is 272 g/mol. The van der Waals surface area contributed by atoms with Gasteiger partial charge in [-0.3, -0.25) is 0 Å². The maximum absolute atomic E-state index is 5.40. The van der Waals surface area contributed by atoms with Crippen molar-refractivity contribution < 1.29 is 4.74 Å². The lowest BCUT2D eigenvalue weighted by molar-refractivity contribution is 0.420. The number of methoxy groups -OCH3 is 1. The van der Waals surface area contributed by atoms with Crippen molar-refractivity contribution in [3.63, 3.8) is 0 Å². The van der Waals surface area contributed by atoms with Gasteiger partial charge in [0, 0.05) is 23.5 Å². The molecule has 0 bridgehead atoms. The van der Waals surface area contributed by atoms with E-state index in [2.05, 4.69) is 30.2 Å². The zero-order chi connectivity index (χ0) is 14.4. The van der Waals surface area contributed by atoms with E-state index in [1.54, 1.807) is 7.11 Å². The Morgan fingerprint density at radius 1 is 1.15 bits per heavy atom. The van der Waals surface area contributed by atoms with Crippen molar-refractivity contribution >= 4 is 16.6 Å². The Morgan fingerprint density at radius 3 is 2.75 bits per heavy atom. The topological polar surface area (TPSA) is 34.1 Å². The van der Waals surface area contributed by atoms with Crippen LogP contribution in [0.2, 0.25) is 0 Å². The van der Waals surface area contributed by atoms with Gasteiger partial charge in [0.15, 0.2) is 0 Å². The summed E-state index contributed by atoms with van der Waals surface area (Å²) in [6, 6.07) is 8.07. The maximum atomic E-state index is 5.40. The fourth-order valence-corrected chi connectivity index (χ4v) is 2.38. The summed E-state index contributed by atoms with van der Waals surface area (Å²) in [6.45, 7) is 5.51. The van der Waals surface area contributed by atoms with E-state index in [0.717, 1.165) is 34.8 Å². The Bertz CT molecular complexity index is 552. The average Bonchev–Trinajstić information content (AvgIpc) is 2.46. The second-order valence-corrected chi connectivity index (χ2v) is 5.53. The summed E-state index contributed by atoms with van der Waals surface area (Å²) in [7, 11) is 1.70. The van der Waals surface area contributed by atoms with Crippen LogP contribution in [-0.4, -0.2) is 18.6 Å². The number of anilines is 1. The summed E-state index contributed by atoms with van der Waals surface area (Å²) < 4.78 is 5.40. The predicted molar refractivity (Wildman–Crippen MR) is 85.5 cm³/mol. The lowest BCUT2D eigenvalue weighted by Gasteiger charge is -2.11. The van der Waals surface area contributed by atoms with Crippen LogP contribution in [0.1, 0.15) is 33.1 Å². The quantitative estimate of drug-likeness (QED) is 0.754. The Labute approximate surface area is 121 Å². The SMILES string of the molecule is COc1cccc2c(NCCCCC(C)C)nccc12. The summed E-state index contributed by atoms with van der Waals surface area (Å²) in [5, 5.41) is 5.67. The number of unbranched alkanes of at least 4 members (excludes halogenated alkanes) is 1. The smallest absolute Gasteiger partial charge is 0.133 e. The number of benzene rings is 1. The molecule has 2 aromatic rings. The molecule has 0 aliphatic rings. The van der Waals surface area contributed by atoms with E-state index in [1.165, 1.54) is 19.3 Å². The van der Waals surface area contributed by atoms with Gasteiger partial charge in [0.25, 0.3) is 0 Å². The van der Waals surface area contributed by atoms with E-state index >= 15 is 0 Å². The lowest BCUT2D eigenvalue weighted by atomic mass is 10.1. The Kier molecular flexibility index (Phi) is 5.22. The second kappa shape index (κ2) is 7.13. The van der Waals surface area contributed by atoms with Crippen LogP contribution in [0.4, 0.5) is 5.82 Å². The molecular formula is C17H24N2O. The second-order valence-electron chi connectivity index (χ2n) is 5.53. The minimum atomic E-state index is 0.787. The van der Waals surface area contributed by atoms with Crippen LogP contribution in [0.15, 0.2) is 30.5 Å². The fraction of sp³-hybridized carbons (Fsp3) is 0.471. The number of nitrogens with zero attached hydrogens (tertiary/aromatic N) is 1. The minimum Gasteiger partial charge on any atom is -0.496 e. The van der Waals surface area contributed by atoms with Crippen LogP contribution < -0.4 is 10.1 Å². The zero-order valence-corrected chi connectivity index (χ0v) is 12.6. The third kappa shape index (κ3) is 3.62. The molecule has 1 aromatic carbocycles. The van der Waals surface area contributed by atoms with E-state index in [4.69, 9.17) is 4.74 Å². The van der Waals surface area contributed by atoms with Gasteiger partial charge in [-0.05, 0) is 24.5 Å². The maximum Gasteiger partial charge on any atom is 0.133 e. The molecule has 0 atom stereocenters. The molecular weight excluding hydrogens is 248 g/mol. The molecule has 1 N–H and O–H groups in total. The minimum absolute atomic E-state index is 0.787. The summed E-state index contributed by atoms with van der Waals surface area (Å²) in [4.78, 5) is 4.45. The van der Waals surface area contributed by atoms with Crippen molar-refractivity contribution in [1.29, 1.82) is 0 Å². The predicted octanol–water partition coefficient (Wildman–Crippen LogP) is 4.48. The monoisotopic (exact) mass is 272 g/mol. The first-order chi connectivity index (χ1) is 9.72. The third-order valence-electron chi connectivity index (χ3n) is 3.49. The molecule has 2 rings (SSSR count). The molecule has 20 heavy (non-hydrogen) atoms. The van der Waals surface area contributed by atoms with Crippen LogP contribution in [0, 0.1) is 5.92 Å². The molecule has 1 heterocycles. The van der Waals surface area contributed by atoms with Crippen LogP contribution in [0.25, 0.3) is 10.8 Å². The van der Waals surface area contributed by atoms with Gasteiger partial charge in [0.1, 0.15) is 11.6 Å². The number of nitrogens with one attached hydrogen (secondary N) is 1. The van der Waals surface area contributed by atoms with E-state index in [1.807, 2.05) is 24.4 Å². The van der Waals surface area contributed by atoms with Gasteiger partial charge < -0.3 is 10.1 Å². The first-order valence-corrected chi connectivity index (χ1v) is 7.38. The normalized spacial score (nSPS) is 11.0. The highest BCUT2D eigenvalue weighted by atomic mass is 16.5. The van der Waals surface area contributed by atoms with Crippen LogP contribution >= 0.6 is 0 Å². The zero-order valence-electron chi connectivity index (χ0n) is 12.6. The molecule has 0 unspecified atom stereocenters. The number of aromatic nitrogens is 1. The highest BCUT2D eigenvalue weighted by molar-refractivity contribution is 5.95. The molecule has 0 amide bonds. The molecule has 0 fully saturated rings. The van der Waals surface area contributed by atoms with Crippen LogP contribution in [0.3, 0.4) is 0 Å². The van der Waals surface area contributed by atoms with Crippen molar-refractivity contribution in [3.8, 4) is 5.75 Å². The van der Waals surface area contributed by atoms with Crippen molar-refractivity contribution in [2.75, 3.05) is 19.0 Å². The van der Waals surface area contributed by atoms with Gasteiger partial charge in [0.2, 0.25) is 0 Å². The Hall–Kier alpha value is -1.77. The molecule has 1 aromatic heterocycles. The van der Waals surface area contributed by atoms with E-state index in [-0.39, 0.29) is 0 Å². The van der Waals surface area contributed by atoms with Gasteiger partial charge in [-0.25, -0.2) is 4.98 Å². The summed E-state index contributed by atoms with van der Waals surface area (Å²) in [6.07, 6.45) is 5.57. The fourth-order valence-electron chi connectivity index (χ4n) is 2.38. The first kappa shape index (κ1) is 14.6. The van der Waals surface area contributed by atoms with E-state index < -0.39 is 0 Å². The largest absolute Gasteiger partial charge is 0.496 e. The Morgan fingerprint density at radius 2 is 2.00 bits per heavy atom. The van der Waals surface area contributed by atoms with Crippen molar-refractivity contribution in [1.82, 2.24) is 4.98 Å². The Balaban J connectivity index is 2.03. The summed E-state index contributed by atoms with van der Waals surface area (Å²) in [5.41, 5.74) is 0. The van der Waals surface area contributed by atoms with E-state index in [0.29, 0.717) is 0 Å². The molecule has 3 heteroatoms. The van der Waals surface area contributed by atoms with Gasteiger partial charge in [-0.15, -0.1) is 0 Å². The summed E-state index contributed by atoms with van der Waals surface area (Å²) >= 11 is 0. The van der Waals surface area contributed by atoms with Gasteiger partial charge in [-0.1, -0.05) is 38.8 Å². The standard InChI is InChI=1S/C17H24N2O/c1-13(2)7-4-5-11-18-17-15-8-6-9-16(20-3)14(15)10-12-19-17/h6,8-10,12-13H,4-5,7,11H2,1-3H3,(H,18,19). The molecule has 0 spiro atoms. The number of ether oxygens (including phenoxy) is 1. The highest BCUT2D eigenvalue weighted by Gasteiger charge is 2.05. The van der Waals surface area contributed by atoms with Gasteiger partial charge in [0.05, 0.1) is 7.11 Å². The van der Waals surface area contributed by atoms with Crippen LogP contribution in [0.5, 0.6) is 5.75 Å². The highest BCUT2D eigenvalue weighted by Crippen LogP contribution is 2.28. The number of pyridine rings is 1. The molecule has 3 nitrogen and oxygen atoms in total. The number of fused-ring (bicyclic) bond motifs is 1. The van der Waals surface area contributed by atoms with Crippen molar-refractivity contribution in [2.24, 2.45) is 5.92 Å². The molecule has 0 aliphatic carbocycles. The number of hydrogen-bond acceptors (Lipinski definition) is 3. The molecule has 0 saturated heterocycles. The van der Waals surface area contributed by atoms with Crippen molar-refractivity contribution in [3.05, 3.63) is 30.5 Å². The van der Waals surface area contributed by atoms with Gasteiger partial charge >= 0.3 is 0 Å². The number of rotatable bonds is 7. The summed E-state index contributed by atoms with van der Waals surface area (Å²) in [5.74, 6) is 2.63. The number of hydrogen-bond donors (Lipinski definition) is 1. The van der Waals surface area contributed by atoms with E-state index in [9.17, 15) is 0 Å². The van der Waals surface area contributed by atoms with Gasteiger partial charge in [-0.2, -0.15) is 0 Å². The van der Waals surface area contributed by atoms with Crippen molar-refractivity contribution in [2.45, 2.75) is 33.1 Å². The van der Waals surface area contributed by atoms with Crippen LogP contribution in [-0.2, 0) is 0 Å². The third-order valence-corrected chi connectivity index (χ3v) is 3.49. The molecule has 0 saturated carbocycles. The first-order valence-electron chi connectivity index (χ1n) is 7.38. The molecule has 108 valence electrons. The lowest BCUT2D eigenvalue weighted by Crippen LogP contribution is -2.04.